The Bertz CT molecular complexity index is 347. The lowest BCUT2D eigenvalue weighted by Gasteiger charge is -2.15. The van der Waals surface area contributed by atoms with Crippen molar-refractivity contribution in [2.75, 3.05) is 0 Å². The summed E-state index contributed by atoms with van der Waals surface area (Å²) in [7, 11) is 0. The van der Waals surface area contributed by atoms with Gasteiger partial charge in [0.15, 0.2) is 0 Å². The Morgan fingerprint density at radius 3 is 2.19 bits per heavy atom. The molecule has 1 unspecified atom stereocenters. The normalized spacial score (nSPS) is 14.2. The summed E-state index contributed by atoms with van der Waals surface area (Å²) in [6, 6.07) is 3.00. The van der Waals surface area contributed by atoms with Gasteiger partial charge in [0, 0.05) is 0 Å². The molecule has 0 radical (unpaired) electrons. The van der Waals surface area contributed by atoms with Crippen LogP contribution in [0.25, 0.3) is 0 Å². The molecule has 0 spiro atoms. The maximum absolute atomic E-state index is 12.5. The van der Waals surface area contributed by atoms with Crippen LogP contribution in [0.3, 0.4) is 0 Å². The molecule has 0 bridgehead atoms. The third-order valence-electron chi connectivity index (χ3n) is 2.10. The molecule has 0 aromatic heterocycles. The lowest BCUT2D eigenvalue weighted by atomic mass is 10.0. The molecular formula is C10H10F5N. The highest BCUT2D eigenvalue weighted by atomic mass is 19.4. The summed E-state index contributed by atoms with van der Waals surface area (Å²) in [5, 5.41) is 0. The number of halogens is 5. The first-order valence-electron chi connectivity index (χ1n) is 4.51. The van der Waals surface area contributed by atoms with Crippen molar-refractivity contribution in [3.8, 4) is 0 Å². The van der Waals surface area contributed by atoms with Gasteiger partial charge in [-0.05, 0) is 18.1 Å². The lowest BCUT2D eigenvalue weighted by molar-refractivity contribution is -0.138. The molecule has 1 nitrogen and oxygen atoms in total. The van der Waals surface area contributed by atoms with Gasteiger partial charge in [0.2, 0.25) is 0 Å². The SMILES string of the molecule is NC(Cc1ccccc1C(F)(F)F)C(F)F. The summed E-state index contributed by atoms with van der Waals surface area (Å²) in [5.74, 6) is 0. The first-order chi connectivity index (χ1) is 7.32. The first kappa shape index (κ1) is 12.9. The average Bonchev–Trinajstić information content (AvgIpc) is 2.16. The van der Waals surface area contributed by atoms with Crippen LogP contribution in [-0.2, 0) is 12.6 Å². The Morgan fingerprint density at radius 2 is 1.69 bits per heavy atom. The topological polar surface area (TPSA) is 26.0 Å². The maximum Gasteiger partial charge on any atom is 0.416 e. The molecule has 16 heavy (non-hydrogen) atoms. The Labute approximate surface area is 89.1 Å². The van der Waals surface area contributed by atoms with E-state index in [2.05, 4.69) is 0 Å². The number of nitrogens with two attached hydrogens (primary N) is 1. The van der Waals surface area contributed by atoms with E-state index in [1.165, 1.54) is 12.1 Å². The predicted octanol–water partition coefficient (Wildman–Crippen LogP) is 2.84. The molecule has 0 aliphatic heterocycles. The Kier molecular flexibility index (Phi) is 3.85. The molecule has 0 aliphatic carbocycles. The molecule has 1 aromatic carbocycles. The third kappa shape index (κ3) is 3.16. The van der Waals surface area contributed by atoms with Gasteiger partial charge in [0.1, 0.15) is 0 Å². The predicted molar refractivity (Wildman–Crippen MR) is 49.1 cm³/mol. The van der Waals surface area contributed by atoms with Crippen molar-refractivity contribution in [3.63, 3.8) is 0 Å². The zero-order valence-electron chi connectivity index (χ0n) is 8.14. The minimum absolute atomic E-state index is 0.206. The number of alkyl halides is 5. The molecule has 6 heteroatoms. The van der Waals surface area contributed by atoms with E-state index in [-0.39, 0.29) is 5.56 Å². The summed E-state index contributed by atoms with van der Waals surface area (Å²) in [5.41, 5.74) is 3.93. The van der Waals surface area contributed by atoms with Gasteiger partial charge >= 0.3 is 6.18 Å². The zero-order valence-corrected chi connectivity index (χ0v) is 8.14. The highest BCUT2D eigenvalue weighted by molar-refractivity contribution is 5.30. The number of hydrogen-bond acceptors (Lipinski definition) is 1. The number of rotatable bonds is 3. The van der Waals surface area contributed by atoms with E-state index >= 15 is 0 Å². The highest BCUT2D eigenvalue weighted by Crippen LogP contribution is 2.32. The van der Waals surface area contributed by atoms with Gasteiger partial charge in [0.25, 0.3) is 6.43 Å². The molecule has 0 fully saturated rings. The quantitative estimate of drug-likeness (QED) is 0.806. The molecule has 1 rings (SSSR count). The van der Waals surface area contributed by atoms with Gasteiger partial charge < -0.3 is 5.73 Å². The van der Waals surface area contributed by atoms with Crippen molar-refractivity contribution in [3.05, 3.63) is 35.4 Å². The van der Waals surface area contributed by atoms with Crippen LogP contribution in [0.4, 0.5) is 22.0 Å². The maximum atomic E-state index is 12.5. The van der Waals surface area contributed by atoms with Gasteiger partial charge in [-0.2, -0.15) is 13.2 Å². The molecular weight excluding hydrogens is 229 g/mol. The van der Waals surface area contributed by atoms with Crippen LogP contribution < -0.4 is 5.73 Å². The van der Waals surface area contributed by atoms with Crippen LogP contribution in [0.2, 0.25) is 0 Å². The van der Waals surface area contributed by atoms with Crippen LogP contribution in [0.5, 0.6) is 0 Å². The third-order valence-corrected chi connectivity index (χ3v) is 2.10. The zero-order chi connectivity index (χ0) is 12.3. The van der Waals surface area contributed by atoms with E-state index in [4.69, 9.17) is 5.73 Å². The van der Waals surface area contributed by atoms with Gasteiger partial charge in [-0.25, -0.2) is 8.78 Å². The molecule has 0 saturated heterocycles. The van der Waals surface area contributed by atoms with Crippen molar-refractivity contribution in [1.82, 2.24) is 0 Å². The van der Waals surface area contributed by atoms with Crippen LogP contribution in [0.1, 0.15) is 11.1 Å². The summed E-state index contributed by atoms with van der Waals surface area (Å²) >= 11 is 0. The monoisotopic (exact) mass is 239 g/mol. The van der Waals surface area contributed by atoms with Gasteiger partial charge in [-0.15, -0.1) is 0 Å². The Balaban J connectivity index is 2.96. The molecule has 1 aromatic rings. The lowest BCUT2D eigenvalue weighted by Crippen LogP contribution is -2.31. The first-order valence-corrected chi connectivity index (χ1v) is 4.51. The summed E-state index contributed by atoms with van der Waals surface area (Å²) in [6.45, 7) is 0. The minimum atomic E-state index is -4.54. The average molecular weight is 239 g/mol. The van der Waals surface area contributed by atoms with Gasteiger partial charge in [0.05, 0.1) is 11.6 Å². The van der Waals surface area contributed by atoms with Gasteiger partial charge in [-0.3, -0.25) is 0 Å². The highest BCUT2D eigenvalue weighted by Gasteiger charge is 2.33. The standard InChI is InChI=1S/C10H10F5N/c11-9(12)8(16)5-6-3-1-2-4-7(6)10(13,14)15/h1-4,8-9H,5,16H2. The fourth-order valence-electron chi connectivity index (χ4n) is 1.32. The molecule has 1 atom stereocenters. The number of hydrogen-bond donors (Lipinski definition) is 1. The van der Waals surface area contributed by atoms with E-state index in [9.17, 15) is 22.0 Å². The van der Waals surface area contributed by atoms with Crippen molar-refractivity contribution in [2.24, 2.45) is 5.73 Å². The van der Waals surface area contributed by atoms with Gasteiger partial charge in [-0.1, -0.05) is 18.2 Å². The summed E-state index contributed by atoms with van der Waals surface area (Å²) < 4.78 is 61.7. The Hall–Kier alpha value is -1.17. The van der Waals surface area contributed by atoms with Crippen molar-refractivity contribution >= 4 is 0 Å². The van der Waals surface area contributed by atoms with Crippen LogP contribution >= 0.6 is 0 Å². The second-order valence-corrected chi connectivity index (χ2v) is 3.36. The van der Waals surface area contributed by atoms with Crippen molar-refractivity contribution < 1.29 is 22.0 Å². The van der Waals surface area contributed by atoms with Crippen LogP contribution in [-0.4, -0.2) is 12.5 Å². The van der Waals surface area contributed by atoms with Crippen LogP contribution in [0, 0.1) is 0 Å². The van der Waals surface area contributed by atoms with E-state index in [0.29, 0.717) is 0 Å². The summed E-state index contributed by atoms with van der Waals surface area (Å²) in [6.07, 6.45) is -7.87. The largest absolute Gasteiger partial charge is 0.416 e. The van der Waals surface area contributed by atoms with E-state index in [1.54, 1.807) is 0 Å². The molecule has 0 saturated carbocycles. The van der Waals surface area contributed by atoms with Crippen molar-refractivity contribution in [1.29, 1.82) is 0 Å². The molecule has 2 N–H and O–H groups in total. The smallest absolute Gasteiger partial charge is 0.323 e. The van der Waals surface area contributed by atoms with E-state index in [1.807, 2.05) is 0 Å². The molecule has 90 valence electrons. The minimum Gasteiger partial charge on any atom is -0.323 e. The molecule has 0 aliphatic rings. The van der Waals surface area contributed by atoms with E-state index < -0.39 is 30.6 Å². The summed E-state index contributed by atoms with van der Waals surface area (Å²) in [4.78, 5) is 0. The fourth-order valence-corrected chi connectivity index (χ4v) is 1.32. The fraction of sp³-hybridized carbons (Fsp3) is 0.400. The molecule has 0 heterocycles. The van der Waals surface area contributed by atoms with Crippen molar-refractivity contribution in [2.45, 2.75) is 25.1 Å². The molecule has 0 amide bonds. The van der Waals surface area contributed by atoms with E-state index in [0.717, 1.165) is 12.1 Å². The second-order valence-electron chi connectivity index (χ2n) is 3.36. The Morgan fingerprint density at radius 1 is 1.12 bits per heavy atom. The number of benzene rings is 1. The van der Waals surface area contributed by atoms with Crippen LogP contribution in [0.15, 0.2) is 24.3 Å². The second kappa shape index (κ2) is 4.78.